The molecule has 0 bridgehead atoms. The van der Waals surface area contributed by atoms with Gasteiger partial charge in [-0.3, -0.25) is 4.79 Å². The fraction of sp³-hybridized carbons (Fsp3) is 0.562. The molecule has 2 aliphatic rings. The molecule has 1 amide bonds. The standard InChI is InChI=1S/C16H21NO5S/c1-23(20,21)13-4-2-12(3-5-13)16(19)17-6-7-22-15-9-11(10-18)8-14(15)17/h2-5,11,14-15,18H,6-10H2,1H3/t11-,14+,15+/m1/s1. The number of fused-ring (bicyclic) bond motifs is 1. The van der Waals surface area contributed by atoms with Crippen LogP contribution in [0, 0.1) is 5.92 Å². The van der Waals surface area contributed by atoms with Gasteiger partial charge in [0, 0.05) is 25.0 Å². The predicted molar refractivity (Wildman–Crippen MR) is 83.9 cm³/mol. The third-order valence-electron chi connectivity index (χ3n) is 4.68. The van der Waals surface area contributed by atoms with E-state index in [1.807, 2.05) is 0 Å². The molecule has 0 aromatic heterocycles. The average Bonchev–Trinajstić information content (AvgIpc) is 2.96. The van der Waals surface area contributed by atoms with E-state index in [0.717, 1.165) is 19.1 Å². The van der Waals surface area contributed by atoms with Gasteiger partial charge in [-0.1, -0.05) is 0 Å². The maximum Gasteiger partial charge on any atom is 0.254 e. The van der Waals surface area contributed by atoms with Crippen molar-refractivity contribution in [3.8, 4) is 0 Å². The lowest BCUT2D eigenvalue weighted by molar-refractivity contribution is -0.0448. The Hall–Kier alpha value is -1.44. The minimum Gasteiger partial charge on any atom is -0.396 e. The van der Waals surface area contributed by atoms with E-state index in [0.29, 0.717) is 18.7 Å². The number of aliphatic hydroxyl groups is 1. The van der Waals surface area contributed by atoms with Gasteiger partial charge in [-0.15, -0.1) is 0 Å². The summed E-state index contributed by atoms with van der Waals surface area (Å²) in [6.45, 7) is 1.12. The highest BCUT2D eigenvalue weighted by Gasteiger charge is 2.42. The third-order valence-corrected chi connectivity index (χ3v) is 5.81. The minimum atomic E-state index is -3.27. The molecule has 6 nitrogen and oxygen atoms in total. The number of ether oxygens (including phenoxy) is 1. The molecule has 0 radical (unpaired) electrons. The molecule has 126 valence electrons. The van der Waals surface area contributed by atoms with Gasteiger partial charge in [-0.25, -0.2) is 8.42 Å². The van der Waals surface area contributed by atoms with Gasteiger partial charge in [-0.2, -0.15) is 0 Å². The lowest BCUT2D eigenvalue weighted by Crippen LogP contribution is -2.51. The number of hydrogen-bond donors (Lipinski definition) is 1. The van der Waals surface area contributed by atoms with Crippen LogP contribution >= 0.6 is 0 Å². The molecular formula is C16H21NO5S. The quantitative estimate of drug-likeness (QED) is 0.876. The maximum absolute atomic E-state index is 12.8. The first kappa shape index (κ1) is 16.4. The van der Waals surface area contributed by atoms with Crippen LogP contribution in [-0.2, 0) is 14.6 Å². The van der Waals surface area contributed by atoms with Crippen LogP contribution in [0.1, 0.15) is 23.2 Å². The Labute approximate surface area is 136 Å². The fourth-order valence-electron chi connectivity index (χ4n) is 3.46. The van der Waals surface area contributed by atoms with Gasteiger partial charge >= 0.3 is 0 Å². The SMILES string of the molecule is CS(=O)(=O)c1ccc(C(=O)N2CCO[C@H]3C[C@H](CO)C[C@@H]32)cc1. The van der Waals surface area contributed by atoms with Crippen LogP contribution in [0.15, 0.2) is 29.2 Å². The van der Waals surface area contributed by atoms with Gasteiger partial charge < -0.3 is 14.7 Å². The number of morpholine rings is 1. The van der Waals surface area contributed by atoms with Gasteiger partial charge in [0.25, 0.3) is 5.91 Å². The molecule has 23 heavy (non-hydrogen) atoms. The molecule has 1 aliphatic carbocycles. The summed E-state index contributed by atoms with van der Waals surface area (Å²) < 4.78 is 28.7. The van der Waals surface area contributed by atoms with Crippen molar-refractivity contribution in [2.75, 3.05) is 26.0 Å². The van der Waals surface area contributed by atoms with Gasteiger partial charge in [0.1, 0.15) is 0 Å². The summed E-state index contributed by atoms with van der Waals surface area (Å²) in [7, 11) is -3.27. The van der Waals surface area contributed by atoms with Gasteiger partial charge in [0.2, 0.25) is 0 Å². The molecule has 7 heteroatoms. The van der Waals surface area contributed by atoms with Crippen molar-refractivity contribution in [1.29, 1.82) is 0 Å². The summed E-state index contributed by atoms with van der Waals surface area (Å²) in [6.07, 6.45) is 2.65. The Morgan fingerprint density at radius 2 is 2.00 bits per heavy atom. The van der Waals surface area contributed by atoms with Gasteiger partial charge in [-0.05, 0) is 43.0 Å². The Morgan fingerprint density at radius 1 is 1.30 bits per heavy atom. The van der Waals surface area contributed by atoms with Crippen molar-refractivity contribution >= 4 is 15.7 Å². The molecule has 0 spiro atoms. The minimum absolute atomic E-state index is 0.0111. The highest BCUT2D eigenvalue weighted by atomic mass is 32.2. The summed E-state index contributed by atoms with van der Waals surface area (Å²) in [5.41, 5.74) is 0.477. The van der Waals surface area contributed by atoms with E-state index >= 15 is 0 Å². The van der Waals surface area contributed by atoms with E-state index in [4.69, 9.17) is 4.74 Å². The van der Waals surface area contributed by atoms with E-state index < -0.39 is 9.84 Å². The Balaban J connectivity index is 1.79. The molecule has 1 aromatic rings. The van der Waals surface area contributed by atoms with Crippen LogP contribution in [0.2, 0.25) is 0 Å². The number of hydrogen-bond acceptors (Lipinski definition) is 5. The Bertz CT molecular complexity index is 685. The smallest absolute Gasteiger partial charge is 0.254 e. The maximum atomic E-state index is 12.8. The van der Waals surface area contributed by atoms with Crippen LogP contribution in [0.4, 0.5) is 0 Å². The summed E-state index contributed by atoms with van der Waals surface area (Å²) >= 11 is 0. The summed E-state index contributed by atoms with van der Waals surface area (Å²) in [5, 5.41) is 9.35. The molecule has 1 saturated carbocycles. The largest absolute Gasteiger partial charge is 0.396 e. The van der Waals surface area contributed by atoms with Crippen molar-refractivity contribution in [2.24, 2.45) is 5.92 Å². The first-order valence-corrected chi connectivity index (χ1v) is 9.63. The van der Waals surface area contributed by atoms with Crippen LogP contribution in [0.3, 0.4) is 0 Å². The molecule has 2 fully saturated rings. The number of sulfone groups is 1. The Kier molecular flexibility index (Phi) is 4.44. The molecule has 1 saturated heterocycles. The number of benzene rings is 1. The van der Waals surface area contributed by atoms with Crippen LogP contribution in [0.5, 0.6) is 0 Å². The van der Waals surface area contributed by atoms with Gasteiger partial charge in [0.05, 0.1) is 23.6 Å². The lowest BCUT2D eigenvalue weighted by atomic mass is 10.1. The third kappa shape index (κ3) is 3.27. The molecule has 1 aliphatic heterocycles. The molecule has 3 rings (SSSR count). The zero-order valence-corrected chi connectivity index (χ0v) is 13.8. The highest BCUT2D eigenvalue weighted by molar-refractivity contribution is 7.90. The normalized spacial score (nSPS) is 27.7. The van der Waals surface area contributed by atoms with E-state index in [9.17, 15) is 18.3 Å². The second-order valence-electron chi connectivity index (χ2n) is 6.29. The monoisotopic (exact) mass is 339 g/mol. The number of carbonyl (C=O) groups excluding carboxylic acids is 1. The number of aliphatic hydroxyl groups excluding tert-OH is 1. The van der Waals surface area contributed by atoms with Crippen LogP contribution in [-0.4, -0.2) is 62.5 Å². The predicted octanol–water partition coefficient (Wildman–Crippen LogP) is 0.702. The molecule has 1 heterocycles. The number of amides is 1. The fourth-order valence-corrected chi connectivity index (χ4v) is 4.09. The molecule has 1 aromatic carbocycles. The van der Waals surface area contributed by atoms with Crippen molar-refractivity contribution in [1.82, 2.24) is 4.90 Å². The van der Waals surface area contributed by atoms with E-state index in [2.05, 4.69) is 0 Å². The number of carbonyl (C=O) groups is 1. The summed E-state index contributed by atoms with van der Waals surface area (Å²) in [6, 6.07) is 6.03. The molecule has 1 N–H and O–H groups in total. The number of rotatable bonds is 3. The van der Waals surface area contributed by atoms with E-state index in [1.54, 1.807) is 17.0 Å². The van der Waals surface area contributed by atoms with Crippen LogP contribution in [0.25, 0.3) is 0 Å². The zero-order chi connectivity index (χ0) is 16.6. The molecular weight excluding hydrogens is 318 g/mol. The van der Waals surface area contributed by atoms with Crippen molar-refractivity contribution in [3.05, 3.63) is 29.8 Å². The van der Waals surface area contributed by atoms with E-state index in [1.165, 1.54) is 12.1 Å². The summed E-state index contributed by atoms with van der Waals surface area (Å²) in [4.78, 5) is 14.8. The molecule has 0 unspecified atom stereocenters. The van der Waals surface area contributed by atoms with E-state index in [-0.39, 0.29) is 35.5 Å². The molecule has 3 atom stereocenters. The average molecular weight is 339 g/mol. The lowest BCUT2D eigenvalue weighted by Gasteiger charge is -2.37. The first-order valence-electron chi connectivity index (χ1n) is 7.73. The second kappa shape index (κ2) is 6.22. The Morgan fingerprint density at radius 3 is 2.61 bits per heavy atom. The first-order chi connectivity index (χ1) is 10.9. The topological polar surface area (TPSA) is 83.9 Å². The van der Waals surface area contributed by atoms with Crippen molar-refractivity contribution < 1.29 is 23.1 Å². The second-order valence-corrected chi connectivity index (χ2v) is 8.31. The zero-order valence-electron chi connectivity index (χ0n) is 13.0. The van der Waals surface area contributed by atoms with Crippen LogP contribution < -0.4 is 0 Å². The highest BCUT2D eigenvalue weighted by Crippen LogP contribution is 2.34. The number of nitrogens with zero attached hydrogens (tertiary/aromatic N) is 1. The van der Waals surface area contributed by atoms with Crippen molar-refractivity contribution in [2.45, 2.75) is 29.9 Å². The van der Waals surface area contributed by atoms with Gasteiger partial charge in [0.15, 0.2) is 9.84 Å². The summed E-state index contributed by atoms with van der Waals surface area (Å²) in [5.74, 6) is 0.0629. The van der Waals surface area contributed by atoms with Crippen molar-refractivity contribution in [3.63, 3.8) is 0 Å².